The molecule has 0 aliphatic carbocycles. The molecule has 0 heterocycles. The van der Waals surface area contributed by atoms with Gasteiger partial charge in [0.15, 0.2) is 11.5 Å². The molecule has 0 unspecified atom stereocenters. The summed E-state index contributed by atoms with van der Waals surface area (Å²) in [6.07, 6.45) is 0. The van der Waals surface area contributed by atoms with Crippen LogP contribution < -0.4 is 14.8 Å². The summed E-state index contributed by atoms with van der Waals surface area (Å²) in [6.45, 7) is 1.16. The van der Waals surface area contributed by atoms with Gasteiger partial charge in [-0.3, -0.25) is 0 Å². The fourth-order valence-electron chi connectivity index (χ4n) is 2.05. The zero-order valence-electron chi connectivity index (χ0n) is 12.3. The van der Waals surface area contributed by atoms with Crippen LogP contribution in [-0.2, 0) is 13.1 Å². The lowest BCUT2D eigenvalue weighted by Gasteiger charge is -2.13. The average molecular weight is 361 g/mol. The van der Waals surface area contributed by atoms with E-state index in [4.69, 9.17) is 44.3 Å². The molecule has 2 aromatic carbocycles. The van der Waals surface area contributed by atoms with Crippen LogP contribution in [0.15, 0.2) is 30.3 Å². The molecule has 0 spiro atoms. The van der Waals surface area contributed by atoms with E-state index in [0.29, 0.717) is 39.7 Å². The number of methoxy groups -OCH3 is 2. The minimum absolute atomic E-state index is 0.546. The smallest absolute Gasteiger partial charge is 0.162 e. The molecular formula is C16H16Cl3NO2. The van der Waals surface area contributed by atoms with E-state index >= 15 is 0 Å². The van der Waals surface area contributed by atoms with Crippen molar-refractivity contribution in [3.63, 3.8) is 0 Å². The average Bonchev–Trinajstić information content (AvgIpc) is 2.52. The number of hydrogen-bond donors (Lipinski definition) is 1. The molecule has 0 saturated carbocycles. The second-order valence-electron chi connectivity index (χ2n) is 4.62. The third-order valence-corrected chi connectivity index (χ3v) is 4.42. The molecule has 0 atom stereocenters. The quantitative estimate of drug-likeness (QED) is 0.790. The SMILES string of the molecule is COc1cc(Cl)c(CNCc2cccc(Cl)c2Cl)cc1OC. The fraction of sp³-hybridized carbons (Fsp3) is 0.250. The van der Waals surface area contributed by atoms with E-state index < -0.39 is 0 Å². The van der Waals surface area contributed by atoms with Gasteiger partial charge in [-0.2, -0.15) is 0 Å². The van der Waals surface area contributed by atoms with Crippen LogP contribution in [-0.4, -0.2) is 14.2 Å². The first-order chi connectivity index (χ1) is 10.6. The summed E-state index contributed by atoms with van der Waals surface area (Å²) in [4.78, 5) is 0. The van der Waals surface area contributed by atoms with Crippen LogP contribution in [0.5, 0.6) is 11.5 Å². The second kappa shape index (κ2) is 7.93. The summed E-state index contributed by atoms with van der Waals surface area (Å²) in [6, 6.07) is 9.15. The maximum atomic E-state index is 6.25. The summed E-state index contributed by atoms with van der Waals surface area (Å²) in [7, 11) is 3.17. The van der Waals surface area contributed by atoms with Gasteiger partial charge in [-0.05, 0) is 23.3 Å². The first kappa shape index (κ1) is 17.2. The molecule has 0 aliphatic heterocycles. The lowest BCUT2D eigenvalue weighted by Crippen LogP contribution is -2.13. The minimum Gasteiger partial charge on any atom is -0.493 e. The van der Waals surface area contributed by atoms with E-state index in [1.165, 1.54) is 0 Å². The van der Waals surface area contributed by atoms with Gasteiger partial charge in [0.1, 0.15) is 0 Å². The van der Waals surface area contributed by atoms with E-state index in [-0.39, 0.29) is 0 Å². The van der Waals surface area contributed by atoms with Crippen LogP contribution in [0.4, 0.5) is 0 Å². The number of benzene rings is 2. The highest BCUT2D eigenvalue weighted by atomic mass is 35.5. The zero-order chi connectivity index (χ0) is 16.1. The summed E-state index contributed by atoms with van der Waals surface area (Å²) in [5.41, 5.74) is 1.85. The van der Waals surface area contributed by atoms with Crippen molar-refractivity contribution >= 4 is 34.8 Å². The van der Waals surface area contributed by atoms with Gasteiger partial charge in [-0.25, -0.2) is 0 Å². The Balaban J connectivity index is 2.07. The van der Waals surface area contributed by atoms with Gasteiger partial charge in [0.25, 0.3) is 0 Å². The molecule has 6 heteroatoms. The molecular weight excluding hydrogens is 345 g/mol. The monoisotopic (exact) mass is 359 g/mol. The highest BCUT2D eigenvalue weighted by Crippen LogP contribution is 2.33. The van der Waals surface area contributed by atoms with Crippen LogP contribution in [0.25, 0.3) is 0 Å². The van der Waals surface area contributed by atoms with E-state index in [9.17, 15) is 0 Å². The Morgan fingerprint density at radius 3 is 2.18 bits per heavy atom. The molecule has 0 amide bonds. The van der Waals surface area contributed by atoms with E-state index in [0.717, 1.165) is 11.1 Å². The largest absolute Gasteiger partial charge is 0.493 e. The van der Waals surface area contributed by atoms with Crippen molar-refractivity contribution < 1.29 is 9.47 Å². The Morgan fingerprint density at radius 1 is 0.864 bits per heavy atom. The van der Waals surface area contributed by atoms with E-state index in [1.807, 2.05) is 18.2 Å². The minimum atomic E-state index is 0.546. The molecule has 1 N–H and O–H groups in total. The lowest BCUT2D eigenvalue weighted by atomic mass is 10.1. The van der Waals surface area contributed by atoms with Gasteiger partial charge in [-0.15, -0.1) is 0 Å². The van der Waals surface area contributed by atoms with Crippen LogP contribution in [0.2, 0.25) is 15.1 Å². The lowest BCUT2D eigenvalue weighted by molar-refractivity contribution is 0.354. The fourth-order valence-corrected chi connectivity index (χ4v) is 2.66. The van der Waals surface area contributed by atoms with Gasteiger partial charge in [-0.1, -0.05) is 46.9 Å². The molecule has 3 nitrogen and oxygen atoms in total. The second-order valence-corrected chi connectivity index (χ2v) is 5.81. The Labute approximate surface area is 145 Å². The molecule has 0 aliphatic rings. The summed E-state index contributed by atoms with van der Waals surface area (Å²) >= 11 is 18.4. The van der Waals surface area contributed by atoms with E-state index in [2.05, 4.69) is 5.32 Å². The summed E-state index contributed by atoms with van der Waals surface area (Å²) < 4.78 is 10.5. The van der Waals surface area contributed by atoms with Crippen LogP contribution >= 0.6 is 34.8 Å². The first-order valence-electron chi connectivity index (χ1n) is 6.60. The number of ether oxygens (including phenoxy) is 2. The molecule has 0 radical (unpaired) electrons. The van der Waals surface area contributed by atoms with Gasteiger partial charge in [0, 0.05) is 24.2 Å². The normalized spacial score (nSPS) is 10.6. The predicted octanol–water partition coefficient (Wildman–Crippen LogP) is 4.95. The van der Waals surface area contributed by atoms with Crippen molar-refractivity contribution in [2.75, 3.05) is 14.2 Å². The highest BCUT2D eigenvalue weighted by Gasteiger charge is 2.10. The van der Waals surface area contributed by atoms with Crippen LogP contribution in [0.1, 0.15) is 11.1 Å². The van der Waals surface area contributed by atoms with Crippen molar-refractivity contribution in [1.82, 2.24) is 5.32 Å². The predicted molar refractivity (Wildman–Crippen MR) is 91.6 cm³/mol. The standard InChI is InChI=1S/C16H16Cl3NO2/c1-21-14-6-11(13(18)7-15(14)22-2)9-20-8-10-4-3-5-12(17)16(10)19/h3-7,20H,8-9H2,1-2H3. The number of hydrogen-bond acceptors (Lipinski definition) is 3. The molecule has 22 heavy (non-hydrogen) atoms. The van der Waals surface area contributed by atoms with Crippen molar-refractivity contribution in [2.24, 2.45) is 0 Å². The Morgan fingerprint density at radius 2 is 1.50 bits per heavy atom. The molecule has 0 fully saturated rings. The molecule has 2 aromatic rings. The third-order valence-electron chi connectivity index (χ3n) is 3.22. The van der Waals surface area contributed by atoms with E-state index in [1.54, 1.807) is 26.4 Å². The van der Waals surface area contributed by atoms with Crippen molar-refractivity contribution in [1.29, 1.82) is 0 Å². The Kier molecular flexibility index (Phi) is 6.21. The summed E-state index contributed by atoms with van der Waals surface area (Å²) in [5.74, 6) is 1.25. The van der Waals surface area contributed by atoms with Crippen LogP contribution in [0, 0.1) is 0 Å². The molecule has 0 bridgehead atoms. The molecule has 0 aromatic heterocycles. The van der Waals surface area contributed by atoms with Gasteiger partial charge in [0.2, 0.25) is 0 Å². The van der Waals surface area contributed by atoms with Gasteiger partial charge in [0.05, 0.1) is 24.3 Å². The van der Waals surface area contributed by atoms with Gasteiger partial charge >= 0.3 is 0 Å². The first-order valence-corrected chi connectivity index (χ1v) is 7.74. The Bertz CT molecular complexity index is 662. The maximum absolute atomic E-state index is 6.25. The molecule has 118 valence electrons. The maximum Gasteiger partial charge on any atom is 0.162 e. The topological polar surface area (TPSA) is 30.5 Å². The third kappa shape index (κ3) is 3.99. The number of rotatable bonds is 6. The highest BCUT2D eigenvalue weighted by molar-refractivity contribution is 6.42. The summed E-state index contributed by atoms with van der Waals surface area (Å²) in [5, 5.41) is 5.02. The molecule has 0 saturated heterocycles. The molecule has 2 rings (SSSR count). The van der Waals surface area contributed by atoms with Crippen molar-refractivity contribution in [3.8, 4) is 11.5 Å². The Hall–Kier alpha value is -1.13. The van der Waals surface area contributed by atoms with Gasteiger partial charge < -0.3 is 14.8 Å². The van der Waals surface area contributed by atoms with Crippen LogP contribution in [0.3, 0.4) is 0 Å². The number of halogens is 3. The van der Waals surface area contributed by atoms with Crippen molar-refractivity contribution in [3.05, 3.63) is 56.5 Å². The van der Waals surface area contributed by atoms with Crippen molar-refractivity contribution in [2.45, 2.75) is 13.1 Å². The number of nitrogens with one attached hydrogen (secondary N) is 1. The zero-order valence-corrected chi connectivity index (χ0v) is 14.5.